The smallest absolute Gasteiger partial charge is 0.242 e. The van der Waals surface area contributed by atoms with Gasteiger partial charge in [0.15, 0.2) is 0 Å². The van der Waals surface area contributed by atoms with Crippen LogP contribution < -0.4 is 5.32 Å². The predicted molar refractivity (Wildman–Crippen MR) is 136 cm³/mol. The minimum absolute atomic E-state index is 0.0823. The van der Waals surface area contributed by atoms with Gasteiger partial charge in [-0.1, -0.05) is 74.3 Å². The summed E-state index contributed by atoms with van der Waals surface area (Å²) in [5.74, 6) is 1.14. The molecule has 0 bridgehead atoms. The van der Waals surface area contributed by atoms with Gasteiger partial charge in [0, 0.05) is 28.9 Å². The molecule has 0 fully saturated rings. The zero-order valence-corrected chi connectivity index (χ0v) is 21.5. The van der Waals surface area contributed by atoms with Crippen LogP contribution in [0.3, 0.4) is 0 Å². The van der Waals surface area contributed by atoms with Crippen molar-refractivity contribution in [2.75, 3.05) is 12.3 Å². The van der Waals surface area contributed by atoms with Gasteiger partial charge >= 0.3 is 0 Å². The predicted octanol–water partition coefficient (Wildman–Crippen LogP) is 6.11. The Balaban J connectivity index is 2.18. The van der Waals surface area contributed by atoms with Gasteiger partial charge in [-0.2, -0.15) is 0 Å². The minimum atomic E-state index is -0.563. The molecule has 0 aliphatic carbocycles. The number of thioether (sulfide) groups is 1. The van der Waals surface area contributed by atoms with Crippen LogP contribution in [0.4, 0.5) is 0 Å². The van der Waals surface area contributed by atoms with Crippen molar-refractivity contribution in [3.8, 4) is 0 Å². The minimum Gasteiger partial charge on any atom is -0.354 e. The lowest BCUT2D eigenvalue weighted by Crippen LogP contribution is -2.50. The number of amides is 2. The zero-order valence-electron chi connectivity index (χ0n) is 19.2. The summed E-state index contributed by atoms with van der Waals surface area (Å²) in [5.41, 5.74) is 3.18. The van der Waals surface area contributed by atoms with Gasteiger partial charge in [-0.05, 0) is 48.1 Å². The molecule has 32 heavy (non-hydrogen) atoms. The first-order chi connectivity index (χ1) is 15.2. The van der Waals surface area contributed by atoms with Gasteiger partial charge in [0.1, 0.15) is 6.04 Å². The fraction of sp³-hybridized carbons (Fsp3) is 0.440. The van der Waals surface area contributed by atoms with Crippen LogP contribution in [0.25, 0.3) is 0 Å². The lowest BCUT2D eigenvalue weighted by Gasteiger charge is -2.31. The average Bonchev–Trinajstić information content (AvgIpc) is 2.74. The van der Waals surface area contributed by atoms with Gasteiger partial charge in [-0.15, -0.1) is 11.8 Å². The van der Waals surface area contributed by atoms with E-state index in [1.165, 1.54) is 11.1 Å². The van der Waals surface area contributed by atoms with Crippen molar-refractivity contribution in [3.63, 3.8) is 0 Å². The van der Waals surface area contributed by atoms with E-state index in [0.717, 1.165) is 11.3 Å². The number of halogens is 2. The molecular weight excluding hydrogens is 463 g/mol. The quantitative estimate of drug-likeness (QED) is 0.409. The van der Waals surface area contributed by atoms with E-state index in [-0.39, 0.29) is 24.1 Å². The summed E-state index contributed by atoms with van der Waals surface area (Å²) >= 11 is 14.0. The number of nitrogens with one attached hydrogen (secondary N) is 1. The molecule has 0 aliphatic rings. The van der Waals surface area contributed by atoms with Crippen LogP contribution in [0.2, 0.25) is 10.0 Å². The topological polar surface area (TPSA) is 49.4 Å². The molecule has 4 nitrogen and oxygen atoms in total. The van der Waals surface area contributed by atoms with Crippen molar-refractivity contribution in [2.45, 2.75) is 52.5 Å². The number of carbonyl (C=O) groups is 2. The van der Waals surface area contributed by atoms with E-state index in [0.29, 0.717) is 28.9 Å². The van der Waals surface area contributed by atoms with Crippen molar-refractivity contribution in [1.82, 2.24) is 10.2 Å². The highest BCUT2D eigenvalue weighted by Crippen LogP contribution is 2.25. The van der Waals surface area contributed by atoms with Gasteiger partial charge in [-0.25, -0.2) is 0 Å². The molecule has 1 N–H and O–H groups in total. The maximum atomic E-state index is 13.3. The Morgan fingerprint density at radius 2 is 1.81 bits per heavy atom. The molecule has 0 aliphatic heterocycles. The summed E-state index contributed by atoms with van der Waals surface area (Å²) in [6, 6.07) is 12.8. The van der Waals surface area contributed by atoms with E-state index in [4.69, 9.17) is 23.2 Å². The lowest BCUT2D eigenvalue weighted by atomic mass is 10.1. The Hall–Kier alpha value is -1.69. The first-order valence-corrected chi connectivity index (χ1v) is 12.8. The second-order valence-electron chi connectivity index (χ2n) is 8.24. The third-order valence-corrected chi connectivity index (χ3v) is 6.72. The maximum absolute atomic E-state index is 13.3. The van der Waals surface area contributed by atoms with E-state index < -0.39 is 6.04 Å². The van der Waals surface area contributed by atoms with Crippen molar-refractivity contribution in [3.05, 3.63) is 69.2 Å². The van der Waals surface area contributed by atoms with Crippen molar-refractivity contribution in [1.29, 1.82) is 0 Å². The highest BCUT2D eigenvalue weighted by Gasteiger charge is 2.29. The van der Waals surface area contributed by atoms with Crippen LogP contribution in [-0.4, -0.2) is 35.1 Å². The van der Waals surface area contributed by atoms with E-state index in [1.54, 1.807) is 28.8 Å². The Morgan fingerprint density at radius 1 is 1.09 bits per heavy atom. The van der Waals surface area contributed by atoms with E-state index in [1.807, 2.05) is 39.0 Å². The average molecular weight is 496 g/mol. The molecule has 0 radical (unpaired) electrons. The van der Waals surface area contributed by atoms with Gasteiger partial charge in [0.25, 0.3) is 0 Å². The highest BCUT2D eigenvalue weighted by atomic mass is 35.5. The number of hydrogen-bond donors (Lipinski definition) is 1. The molecule has 2 aromatic rings. The largest absolute Gasteiger partial charge is 0.354 e. The van der Waals surface area contributed by atoms with Crippen molar-refractivity contribution in [2.24, 2.45) is 5.92 Å². The molecule has 2 aromatic carbocycles. The van der Waals surface area contributed by atoms with E-state index in [9.17, 15) is 9.59 Å². The van der Waals surface area contributed by atoms with E-state index in [2.05, 4.69) is 24.4 Å². The molecule has 1 atom stereocenters. The number of nitrogens with zero attached hydrogens (tertiary/aromatic N) is 1. The van der Waals surface area contributed by atoms with Gasteiger partial charge in [-0.3, -0.25) is 9.59 Å². The Labute approximate surface area is 206 Å². The fourth-order valence-electron chi connectivity index (χ4n) is 3.28. The number of hydrogen-bond acceptors (Lipinski definition) is 3. The van der Waals surface area contributed by atoms with Crippen LogP contribution in [0.5, 0.6) is 0 Å². The number of carbonyl (C=O) groups excluding carboxylic acids is 2. The van der Waals surface area contributed by atoms with Gasteiger partial charge < -0.3 is 10.2 Å². The monoisotopic (exact) mass is 494 g/mol. The molecule has 7 heteroatoms. The molecule has 0 aromatic heterocycles. The highest BCUT2D eigenvalue weighted by molar-refractivity contribution is 7.99. The first-order valence-electron chi connectivity index (χ1n) is 10.9. The molecule has 174 valence electrons. The second kappa shape index (κ2) is 13.1. The molecule has 2 amide bonds. The Bertz CT molecular complexity index is 921. The zero-order chi connectivity index (χ0) is 23.7. The normalized spacial score (nSPS) is 12.0. The van der Waals surface area contributed by atoms with Crippen LogP contribution in [0, 0.1) is 12.8 Å². The Kier molecular flexibility index (Phi) is 10.9. The molecule has 0 saturated heterocycles. The van der Waals surface area contributed by atoms with Crippen LogP contribution in [-0.2, 0) is 21.9 Å². The summed E-state index contributed by atoms with van der Waals surface area (Å²) in [6.07, 6.45) is 0.517. The summed E-state index contributed by atoms with van der Waals surface area (Å²) in [7, 11) is 0. The molecule has 0 spiro atoms. The first kappa shape index (κ1) is 26.6. The third kappa shape index (κ3) is 8.02. The lowest BCUT2D eigenvalue weighted by molar-refractivity contribution is -0.139. The fourth-order valence-corrected chi connectivity index (χ4v) is 4.73. The maximum Gasteiger partial charge on any atom is 0.242 e. The molecule has 2 rings (SSSR count). The number of benzene rings is 2. The molecule has 0 saturated carbocycles. The second-order valence-corrected chi connectivity index (χ2v) is 10.1. The third-order valence-electron chi connectivity index (χ3n) is 5.17. The Morgan fingerprint density at radius 3 is 2.44 bits per heavy atom. The SMILES string of the molecule is CCC(C(=O)NCC(C)C)N(Cc1ccc(Cl)cc1Cl)C(=O)CSCc1ccccc1C. The molecule has 0 heterocycles. The van der Waals surface area contributed by atoms with Gasteiger partial charge in [0.05, 0.1) is 5.75 Å². The van der Waals surface area contributed by atoms with Crippen LogP contribution in [0.1, 0.15) is 43.9 Å². The molecular formula is C25H32Cl2N2O2S. The van der Waals surface area contributed by atoms with E-state index >= 15 is 0 Å². The summed E-state index contributed by atoms with van der Waals surface area (Å²) in [5, 5.41) is 3.99. The van der Waals surface area contributed by atoms with Crippen LogP contribution in [0.15, 0.2) is 42.5 Å². The number of rotatable bonds is 11. The van der Waals surface area contributed by atoms with Crippen molar-refractivity contribution >= 4 is 46.8 Å². The molecule has 1 unspecified atom stereocenters. The number of aryl methyl sites for hydroxylation is 1. The summed E-state index contributed by atoms with van der Waals surface area (Å²) in [6.45, 7) is 8.90. The van der Waals surface area contributed by atoms with Gasteiger partial charge in [0.2, 0.25) is 11.8 Å². The standard InChI is InChI=1S/C25H32Cl2N2O2S/c1-5-23(25(31)28-13-17(2)3)29(14-19-10-11-21(26)12-22(19)27)24(30)16-32-15-20-9-7-6-8-18(20)4/h6-12,17,23H,5,13-16H2,1-4H3,(H,28,31). The summed E-state index contributed by atoms with van der Waals surface area (Å²) < 4.78 is 0. The van der Waals surface area contributed by atoms with Crippen molar-refractivity contribution < 1.29 is 9.59 Å². The summed E-state index contributed by atoms with van der Waals surface area (Å²) in [4.78, 5) is 27.9. The van der Waals surface area contributed by atoms with Crippen LogP contribution >= 0.6 is 35.0 Å².